The Morgan fingerprint density at radius 1 is 1.64 bits per heavy atom. The van der Waals surface area contributed by atoms with Crippen LogP contribution in [0.4, 0.5) is 0 Å². The summed E-state index contributed by atoms with van der Waals surface area (Å²) >= 11 is 0. The third-order valence-electron chi connectivity index (χ3n) is 2.24. The number of aryl methyl sites for hydroxylation is 1. The van der Waals surface area contributed by atoms with Crippen LogP contribution in [-0.4, -0.2) is 11.0 Å². The summed E-state index contributed by atoms with van der Waals surface area (Å²) in [6, 6.07) is 4.15. The lowest BCUT2D eigenvalue weighted by Gasteiger charge is -2.10. The van der Waals surface area contributed by atoms with E-state index in [9.17, 15) is 0 Å². The van der Waals surface area contributed by atoms with E-state index in [0.29, 0.717) is 0 Å². The average molecular weight is 188 g/mol. The smallest absolute Gasteiger partial charge is 0.0687 e. The Hall–Kier alpha value is -1.33. The van der Waals surface area contributed by atoms with Crippen molar-refractivity contribution in [3.63, 3.8) is 0 Å². The first-order valence-electron chi connectivity index (χ1n) is 4.88. The molecule has 74 valence electrons. The van der Waals surface area contributed by atoms with E-state index < -0.39 is 0 Å². The monoisotopic (exact) mass is 188 g/mol. The molecule has 0 aromatic carbocycles. The molecule has 0 spiro atoms. The summed E-state index contributed by atoms with van der Waals surface area (Å²) in [7, 11) is 0. The van der Waals surface area contributed by atoms with Crippen LogP contribution >= 0.6 is 0 Å². The van der Waals surface area contributed by atoms with Gasteiger partial charge in [-0.2, -0.15) is 0 Å². The van der Waals surface area contributed by atoms with Gasteiger partial charge in [0.15, 0.2) is 0 Å². The van der Waals surface area contributed by atoms with Crippen molar-refractivity contribution in [1.29, 1.82) is 0 Å². The molecule has 1 unspecified atom stereocenters. The lowest BCUT2D eigenvalue weighted by atomic mass is 10.2. The van der Waals surface area contributed by atoms with Gasteiger partial charge in [-0.05, 0) is 25.0 Å². The summed E-state index contributed by atoms with van der Waals surface area (Å²) in [5.74, 6) is 2.70. The molecule has 1 aromatic heterocycles. The summed E-state index contributed by atoms with van der Waals surface area (Å²) < 4.78 is 0. The van der Waals surface area contributed by atoms with Crippen molar-refractivity contribution >= 4 is 0 Å². The largest absolute Gasteiger partial charge is 0.298 e. The van der Waals surface area contributed by atoms with Gasteiger partial charge in [-0.25, -0.2) is 0 Å². The summed E-state index contributed by atoms with van der Waals surface area (Å²) in [6.45, 7) is 4.87. The van der Waals surface area contributed by atoms with Crippen LogP contribution in [0.2, 0.25) is 0 Å². The quantitative estimate of drug-likeness (QED) is 0.730. The number of terminal acetylenes is 1. The fraction of sp³-hybridized carbons (Fsp3) is 0.417. The van der Waals surface area contributed by atoms with E-state index in [1.807, 2.05) is 6.07 Å². The first kappa shape index (κ1) is 10.7. The number of rotatable bonds is 4. The molecule has 0 bridgehead atoms. The molecule has 2 heteroatoms. The highest BCUT2D eigenvalue weighted by atomic mass is 14.9. The van der Waals surface area contributed by atoms with E-state index in [0.717, 1.165) is 18.7 Å². The molecule has 0 saturated carbocycles. The highest BCUT2D eigenvalue weighted by Gasteiger charge is 2.02. The lowest BCUT2D eigenvalue weighted by molar-refractivity contribution is 0.584. The molecule has 1 aromatic rings. The standard InChI is InChI=1S/C12H16N2/c1-4-11(5-2)14-9-12-10(3)7-6-8-13-12/h1,6-8,11,14H,5,9H2,2-3H3. The van der Waals surface area contributed by atoms with Crippen molar-refractivity contribution in [2.75, 3.05) is 0 Å². The van der Waals surface area contributed by atoms with Gasteiger partial charge in [0, 0.05) is 12.7 Å². The predicted molar refractivity (Wildman–Crippen MR) is 58.7 cm³/mol. The average Bonchev–Trinajstić information content (AvgIpc) is 2.22. The third kappa shape index (κ3) is 2.86. The van der Waals surface area contributed by atoms with E-state index in [-0.39, 0.29) is 6.04 Å². The predicted octanol–water partition coefficient (Wildman–Crippen LogP) is 1.89. The topological polar surface area (TPSA) is 24.9 Å². The third-order valence-corrected chi connectivity index (χ3v) is 2.24. The Morgan fingerprint density at radius 2 is 2.43 bits per heavy atom. The molecule has 2 nitrogen and oxygen atoms in total. The van der Waals surface area contributed by atoms with Crippen molar-refractivity contribution in [2.45, 2.75) is 32.9 Å². The van der Waals surface area contributed by atoms with Crippen LogP contribution in [0.25, 0.3) is 0 Å². The molecule has 0 aliphatic heterocycles. The molecular formula is C12H16N2. The van der Waals surface area contributed by atoms with Crippen molar-refractivity contribution in [1.82, 2.24) is 10.3 Å². The maximum atomic E-state index is 5.35. The first-order valence-corrected chi connectivity index (χ1v) is 4.88. The molecule has 0 amide bonds. The number of aromatic nitrogens is 1. The lowest BCUT2D eigenvalue weighted by Crippen LogP contribution is -2.26. The van der Waals surface area contributed by atoms with Crippen molar-refractivity contribution in [2.24, 2.45) is 0 Å². The van der Waals surface area contributed by atoms with Crippen LogP contribution in [0, 0.1) is 19.3 Å². The zero-order valence-corrected chi connectivity index (χ0v) is 8.75. The zero-order chi connectivity index (χ0) is 10.4. The van der Waals surface area contributed by atoms with Crippen LogP contribution in [0.3, 0.4) is 0 Å². The number of pyridine rings is 1. The minimum atomic E-state index is 0.149. The van der Waals surface area contributed by atoms with E-state index in [2.05, 4.69) is 36.1 Å². The van der Waals surface area contributed by atoms with Crippen molar-refractivity contribution < 1.29 is 0 Å². The van der Waals surface area contributed by atoms with Crippen LogP contribution in [-0.2, 0) is 6.54 Å². The Labute approximate surface area is 85.8 Å². The molecule has 0 aliphatic carbocycles. The summed E-state index contributed by atoms with van der Waals surface area (Å²) in [6.07, 6.45) is 8.11. The molecule has 0 fully saturated rings. The Morgan fingerprint density at radius 3 is 3.00 bits per heavy atom. The molecule has 0 radical (unpaired) electrons. The maximum Gasteiger partial charge on any atom is 0.0687 e. The normalized spacial score (nSPS) is 12.1. The number of hydrogen-bond acceptors (Lipinski definition) is 2. The molecule has 1 heterocycles. The van der Waals surface area contributed by atoms with Crippen LogP contribution in [0.15, 0.2) is 18.3 Å². The minimum absolute atomic E-state index is 0.149. The number of hydrogen-bond donors (Lipinski definition) is 1. The van der Waals surface area contributed by atoms with Crippen LogP contribution in [0.5, 0.6) is 0 Å². The molecule has 1 rings (SSSR count). The van der Waals surface area contributed by atoms with Gasteiger partial charge in [0.1, 0.15) is 0 Å². The van der Waals surface area contributed by atoms with Crippen LogP contribution < -0.4 is 5.32 Å². The number of nitrogens with one attached hydrogen (secondary N) is 1. The summed E-state index contributed by atoms with van der Waals surface area (Å²) in [5.41, 5.74) is 2.27. The van der Waals surface area contributed by atoms with Gasteiger partial charge in [-0.15, -0.1) is 6.42 Å². The first-order chi connectivity index (χ1) is 6.77. The van der Waals surface area contributed by atoms with Crippen molar-refractivity contribution in [3.8, 4) is 12.3 Å². The minimum Gasteiger partial charge on any atom is -0.298 e. The van der Waals surface area contributed by atoms with Gasteiger partial charge in [0.25, 0.3) is 0 Å². The second-order valence-corrected chi connectivity index (χ2v) is 3.28. The fourth-order valence-electron chi connectivity index (χ4n) is 1.24. The molecular weight excluding hydrogens is 172 g/mol. The van der Waals surface area contributed by atoms with E-state index in [1.165, 1.54) is 5.56 Å². The van der Waals surface area contributed by atoms with E-state index >= 15 is 0 Å². The van der Waals surface area contributed by atoms with E-state index in [4.69, 9.17) is 6.42 Å². The van der Waals surface area contributed by atoms with Gasteiger partial charge in [-0.1, -0.05) is 18.9 Å². The molecule has 0 saturated heterocycles. The molecule has 1 atom stereocenters. The SMILES string of the molecule is C#CC(CC)NCc1ncccc1C. The molecule has 1 N–H and O–H groups in total. The van der Waals surface area contributed by atoms with Crippen molar-refractivity contribution in [3.05, 3.63) is 29.6 Å². The maximum absolute atomic E-state index is 5.35. The number of nitrogens with zero attached hydrogens (tertiary/aromatic N) is 1. The van der Waals surface area contributed by atoms with Gasteiger partial charge >= 0.3 is 0 Å². The second-order valence-electron chi connectivity index (χ2n) is 3.28. The Bertz CT molecular complexity index is 325. The molecule has 14 heavy (non-hydrogen) atoms. The Balaban J connectivity index is 2.54. The van der Waals surface area contributed by atoms with Gasteiger partial charge < -0.3 is 0 Å². The Kier molecular flexibility index (Phi) is 4.15. The highest BCUT2D eigenvalue weighted by molar-refractivity contribution is 5.17. The van der Waals surface area contributed by atoms with Gasteiger partial charge in [-0.3, -0.25) is 10.3 Å². The fourth-order valence-corrected chi connectivity index (χ4v) is 1.24. The summed E-state index contributed by atoms with van der Waals surface area (Å²) in [4.78, 5) is 4.29. The van der Waals surface area contributed by atoms with Gasteiger partial charge in [0.05, 0.1) is 11.7 Å². The van der Waals surface area contributed by atoms with Crippen LogP contribution in [0.1, 0.15) is 24.6 Å². The summed E-state index contributed by atoms with van der Waals surface area (Å²) in [5, 5.41) is 3.28. The zero-order valence-electron chi connectivity index (χ0n) is 8.75. The molecule has 0 aliphatic rings. The van der Waals surface area contributed by atoms with Gasteiger partial charge in [0.2, 0.25) is 0 Å². The highest BCUT2D eigenvalue weighted by Crippen LogP contribution is 2.03. The van der Waals surface area contributed by atoms with E-state index in [1.54, 1.807) is 6.20 Å². The second kappa shape index (κ2) is 5.41.